The molecule has 0 heterocycles. The number of amides is 1. The van der Waals surface area contributed by atoms with Gasteiger partial charge in [-0.2, -0.15) is 0 Å². The van der Waals surface area contributed by atoms with Gasteiger partial charge in [0.05, 0.1) is 6.42 Å². The Morgan fingerprint density at radius 1 is 1.28 bits per heavy atom. The number of nitrogens with zero attached hydrogens (tertiary/aromatic N) is 1. The number of hydrogen-bond donors (Lipinski definition) is 2. The quantitative estimate of drug-likeness (QED) is 0.372. The largest absolute Gasteiger partial charge is 0.375 e. The van der Waals surface area contributed by atoms with Gasteiger partial charge < -0.3 is 5.73 Å². The molecule has 98 valence electrons. The van der Waals surface area contributed by atoms with E-state index in [-0.39, 0.29) is 17.4 Å². The topological polar surface area (TPSA) is 72.3 Å². The highest BCUT2D eigenvalue weighted by atomic mass is 32.1. The summed E-state index contributed by atoms with van der Waals surface area (Å²) >= 11 is 4.68. The van der Waals surface area contributed by atoms with Gasteiger partial charge in [-0.25, -0.2) is 10.9 Å². The highest BCUT2D eigenvalue weighted by molar-refractivity contribution is 7.80. The highest BCUT2D eigenvalue weighted by Gasteiger charge is 2.14. The zero-order valence-electron chi connectivity index (χ0n) is 10.8. The molecule has 5 heteroatoms. The normalized spacial score (nSPS) is 10.2. The first-order valence-electron chi connectivity index (χ1n) is 5.97. The van der Waals surface area contributed by atoms with Crippen LogP contribution in [0.2, 0.25) is 0 Å². The number of hydrazine groups is 1. The molecule has 0 saturated heterocycles. The van der Waals surface area contributed by atoms with Crippen molar-refractivity contribution in [3.05, 3.63) is 34.9 Å². The van der Waals surface area contributed by atoms with Gasteiger partial charge in [0.2, 0.25) is 5.91 Å². The van der Waals surface area contributed by atoms with E-state index in [1.54, 1.807) is 0 Å². The molecule has 0 spiro atoms. The Morgan fingerprint density at radius 2 is 1.94 bits per heavy atom. The second-order valence-electron chi connectivity index (χ2n) is 4.09. The zero-order chi connectivity index (χ0) is 13.7. The van der Waals surface area contributed by atoms with Crippen LogP contribution < -0.4 is 11.6 Å². The van der Waals surface area contributed by atoms with E-state index in [0.717, 1.165) is 29.0 Å². The van der Waals surface area contributed by atoms with Crippen molar-refractivity contribution in [2.24, 2.45) is 11.6 Å². The summed E-state index contributed by atoms with van der Waals surface area (Å²) in [6.45, 7) is 4.14. The third kappa shape index (κ3) is 3.51. The van der Waals surface area contributed by atoms with Crippen LogP contribution >= 0.6 is 12.2 Å². The molecule has 0 atom stereocenters. The van der Waals surface area contributed by atoms with Gasteiger partial charge in [-0.15, -0.1) is 0 Å². The lowest BCUT2D eigenvalue weighted by Gasteiger charge is -2.16. The average molecular weight is 265 g/mol. The van der Waals surface area contributed by atoms with Crippen LogP contribution in [0.25, 0.3) is 0 Å². The van der Waals surface area contributed by atoms with Gasteiger partial charge in [0.1, 0.15) is 0 Å². The minimum absolute atomic E-state index is 0.107. The predicted molar refractivity (Wildman–Crippen MR) is 76.7 cm³/mol. The standard InChI is InChI=1S/C13H19N3OS/c1-3-9-5-6-10(4-2)11(7-9)8-12(17)16(15)13(14)18/h5-7H,3-4,8,15H2,1-2H3,(H2,14,18). The van der Waals surface area contributed by atoms with Crippen LogP contribution in [0.3, 0.4) is 0 Å². The lowest BCUT2D eigenvalue weighted by molar-refractivity contribution is -0.126. The Balaban J connectivity index is 2.94. The van der Waals surface area contributed by atoms with Crippen LogP contribution in [-0.2, 0) is 24.1 Å². The van der Waals surface area contributed by atoms with Gasteiger partial charge in [-0.05, 0) is 41.7 Å². The van der Waals surface area contributed by atoms with Crippen LogP contribution in [0.5, 0.6) is 0 Å². The van der Waals surface area contributed by atoms with Crippen molar-refractivity contribution >= 4 is 23.2 Å². The van der Waals surface area contributed by atoms with Gasteiger partial charge in [0.15, 0.2) is 5.11 Å². The van der Waals surface area contributed by atoms with E-state index in [1.165, 1.54) is 5.56 Å². The molecule has 0 radical (unpaired) electrons. The molecule has 0 bridgehead atoms. The first kappa shape index (κ1) is 14.6. The summed E-state index contributed by atoms with van der Waals surface area (Å²) in [5.41, 5.74) is 8.68. The van der Waals surface area contributed by atoms with Gasteiger partial charge in [-0.3, -0.25) is 4.79 Å². The van der Waals surface area contributed by atoms with Gasteiger partial charge in [0, 0.05) is 0 Å². The summed E-state index contributed by atoms with van der Waals surface area (Å²) in [5.74, 6) is 5.20. The molecule has 0 aliphatic heterocycles. The molecule has 1 aromatic rings. The maximum absolute atomic E-state index is 11.9. The van der Waals surface area contributed by atoms with E-state index in [2.05, 4.69) is 38.2 Å². The number of nitrogens with two attached hydrogens (primary N) is 2. The maximum Gasteiger partial charge on any atom is 0.247 e. The summed E-state index contributed by atoms with van der Waals surface area (Å²) in [6, 6.07) is 6.19. The second-order valence-corrected chi connectivity index (χ2v) is 4.51. The van der Waals surface area contributed by atoms with Crippen LogP contribution in [0.15, 0.2) is 18.2 Å². The molecule has 1 rings (SSSR count). The lowest BCUT2D eigenvalue weighted by atomic mass is 9.98. The minimum Gasteiger partial charge on any atom is -0.375 e. The first-order chi connectivity index (χ1) is 8.49. The zero-order valence-corrected chi connectivity index (χ0v) is 11.6. The van der Waals surface area contributed by atoms with Crippen LogP contribution in [0.4, 0.5) is 0 Å². The van der Waals surface area contributed by atoms with Crippen molar-refractivity contribution in [1.29, 1.82) is 0 Å². The van der Waals surface area contributed by atoms with E-state index in [4.69, 9.17) is 11.6 Å². The third-order valence-corrected chi connectivity index (χ3v) is 3.10. The van der Waals surface area contributed by atoms with E-state index in [0.29, 0.717) is 0 Å². The van der Waals surface area contributed by atoms with Crippen molar-refractivity contribution < 1.29 is 4.79 Å². The molecule has 4 N–H and O–H groups in total. The number of carbonyl (C=O) groups is 1. The Morgan fingerprint density at radius 3 is 2.44 bits per heavy atom. The van der Waals surface area contributed by atoms with Gasteiger partial charge >= 0.3 is 0 Å². The minimum atomic E-state index is -0.287. The number of aryl methyl sites for hydroxylation is 2. The van der Waals surface area contributed by atoms with E-state index >= 15 is 0 Å². The number of thiocarbonyl (C=S) groups is 1. The molecule has 0 fully saturated rings. The first-order valence-corrected chi connectivity index (χ1v) is 6.38. The van der Waals surface area contributed by atoms with E-state index < -0.39 is 0 Å². The predicted octanol–water partition coefficient (Wildman–Crippen LogP) is 1.30. The van der Waals surface area contributed by atoms with Crippen molar-refractivity contribution in [2.45, 2.75) is 33.1 Å². The molecule has 0 unspecified atom stereocenters. The smallest absolute Gasteiger partial charge is 0.247 e. The van der Waals surface area contributed by atoms with Gasteiger partial charge in [-0.1, -0.05) is 32.0 Å². The van der Waals surface area contributed by atoms with Crippen molar-refractivity contribution in [3.8, 4) is 0 Å². The molecule has 4 nitrogen and oxygen atoms in total. The van der Waals surface area contributed by atoms with Crippen LogP contribution in [0.1, 0.15) is 30.5 Å². The lowest BCUT2D eigenvalue weighted by Crippen LogP contribution is -2.46. The van der Waals surface area contributed by atoms with Gasteiger partial charge in [0.25, 0.3) is 0 Å². The molecule has 1 aromatic carbocycles. The molecule has 0 saturated carbocycles. The number of rotatable bonds is 4. The average Bonchev–Trinajstić information content (AvgIpc) is 2.37. The van der Waals surface area contributed by atoms with E-state index in [9.17, 15) is 4.79 Å². The number of carbonyl (C=O) groups excluding carboxylic acids is 1. The summed E-state index contributed by atoms with van der Waals surface area (Å²) in [6.07, 6.45) is 2.04. The fourth-order valence-corrected chi connectivity index (χ4v) is 1.88. The third-order valence-electron chi connectivity index (χ3n) is 2.91. The molecular formula is C13H19N3OS. The number of hydrogen-bond acceptors (Lipinski definition) is 3. The molecular weight excluding hydrogens is 246 g/mol. The van der Waals surface area contributed by atoms with Crippen molar-refractivity contribution in [2.75, 3.05) is 0 Å². The Bertz CT molecular complexity index is 460. The maximum atomic E-state index is 11.9. The summed E-state index contributed by atoms with van der Waals surface area (Å²) in [5, 5.41) is 0.720. The summed E-state index contributed by atoms with van der Waals surface area (Å²) < 4.78 is 0. The van der Waals surface area contributed by atoms with Crippen LogP contribution in [0, 0.1) is 0 Å². The molecule has 0 aliphatic carbocycles. The SMILES string of the molecule is CCc1ccc(CC)c(CC(=O)N(N)C(N)=S)c1. The Labute approximate surface area is 113 Å². The fraction of sp³-hybridized carbons (Fsp3) is 0.385. The van der Waals surface area contributed by atoms with Crippen LogP contribution in [-0.4, -0.2) is 16.0 Å². The molecule has 18 heavy (non-hydrogen) atoms. The molecule has 0 aliphatic rings. The second kappa shape index (κ2) is 6.47. The summed E-state index contributed by atoms with van der Waals surface area (Å²) in [4.78, 5) is 11.9. The molecule has 0 aromatic heterocycles. The molecule has 1 amide bonds. The highest BCUT2D eigenvalue weighted by Crippen LogP contribution is 2.15. The monoisotopic (exact) mass is 265 g/mol. The summed E-state index contributed by atoms with van der Waals surface area (Å²) in [7, 11) is 0. The Kier molecular flexibility index (Phi) is 5.25. The van der Waals surface area contributed by atoms with Crippen molar-refractivity contribution in [1.82, 2.24) is 5.01 Å². The van der Waals surface area contributed by atoms with Crippen molar-refractivity contribution in [3.63, 3.8) is 0 Å². The number of benzene rings is 1. The fourth-order valence-electron chi connectivity index (χ4n) is 1.78. The Hall–Kier alpha value is -1.46. The van der Waals surface area contributed by atoms with E-state index in [1.807, 2.05) is 6.07 Å².